The van der Waals surface area contributed by atoms with E-state index in [1.165, 1.54) is 17.0 Å². The number of hydrogen-bond donors (Lipinski definition) is 1. The molecule has 13 heteroatoms. The van der Waals surface area contributed by atoms with Crippen LogP contribution in [0.5, 0.6) is 0 Å². The number of aryl methyl sites for hydroxylation is 1. The van der Waals surface area contributed by atoms with Gasteiger partial charge >= 0.3 is 13.9 Å². The van der Waals surface area contributed by atoms with E-state index in [1.807, 2.05) is 24.3 Å². The molecule has 0 aliphatic heterocycles. The van der Waals surface area contributed by atoms with Gasteiger partial charge in [-0.3, -0.25) is 23.7 Å². The number of hydrogen-bond acceptors (Lipinski definition) is 8. The van der Waals surface area contributed by atoms with Crippen molar-refractivity contribution in [1.29, 1.82) is 0 Å². The van der Waals surface area contributed by atoms with Crippen molar-refractivity contribution >= 4 is 48.0 Å². The lowest BCUT2D eigenvalue weighted by atomic mass is 10.1. The molecule has 0 bridgehead atoms. The van der Waals surface area contributed by atoms with E-state index in [4.69, 9.17) is 29.9 Å². The first-order chi connectivity index (χ1) is 21.4. The van der Waals surface area contributed by atoms with Gasteiger partial charge in [0.15, 0.2) is 0 Å². The van der Waals surface area contributed by atoms with Crippen LogP contribution < -0.4 is 5.32 Å². The molecular weight excluding hydrogens is 636 g/mol. The number of fused-ring (bicyclic) bond motifs is 1. The number of nitrogens with zero attached hydrogens (tertiary/aromatic N) is 2. The first-order valence-electron chi connectivity index (χ1n) is 15.1. The number of phosphoric acid groups is 1. The van der Waals surface area contributed by atoms with E-state index in [9.17, 15) is 18.5 Å². The fourth-order valence-corrected chi connectivity index (χ4v) is 6.51. The fourth-order valence-electron chi connectivity index (χ4n) is 4.45. The van der Waals surface area contributed by atoms with Crippen LogP contribution >= 0.6 is 19.4 Å². The number of pyridine rings is 1. The van der Waals surface area contributed by atoms with Crippen molar-refractivity contribution < 1.29 is 36.9 Å². The summed E-state index contributed by atoms with van der Waals surface area (Å²) in [5.41, 5.74) is -1.07. The molecule has 0 fully saturated rings. The Balaban J connectivity index is 1.66. The van der Waals surface area contributed by atoms with E-state index in [0.29, 0.717) is 24.2 Å². The minimum atomic E-state index is -3.93. The molecule has 0 unspecified atom stereocenters. The van der Waals surface area contributed by atoms with Gasteiger partial charge in [-0.15, -0.1) is 0 Å². The summed E-state index contributed by atoms with van der Waals surface area (Å²) in [7, 11) is -2.33. The third kappa shape index (κ3) is 12.3. The van der Waals surface area contributed by atoms with E-state index in [-0.39, 0.29) is 37.0 Å². The van der Waals surface area contributed by atoms with Gasteiger partial charge in [0.05, 0.1) is 28.9 Å². The number of anilines is 1. The molecule has 0 saturated carbocycles. The van der Waals surface area contributed by atoms with Crippen molar-refractivity contribution in [2.24, 2.45) is 0 Å². The number of ether oxygens (including phenoxy) is 1. The molecule has 3 aromatic rings. The summed E-state index contributed by atoms with van der Waals surface area (Å²) in [6, 6.07) is 13.2. The SMILES string of the molecule is CN(C(=O)CCc1cccc(F)c1Cl)[C@@H](CCCOP(=O)(OC(C)(C)C)OC(C)(C)C)COC(=O)Nc1cc2ccccc2cn1. The van der Waals surface area contributed by atoms with E-state index >= 15 is 0 Å². The normalized spacial score (nSPS) is 13.0. The number of halogens is 2. The zero-order valence-electron chi connectivity index (χ0n) is 27.5. The monoisotopic (exact) mass is 679 g/mol. The highest BCUT2D eigenvalue weighted by molar-refractivity contribution is 7.48. The summed E-state index contributed by atoms with van der Waals surface area (Å²) >= 11 is 6.08. The van der Waals surface area contributed by atoms with Gasteiger partial charge in [0, 0.05) is 25.1 Å². The number of benzene rings is 2. The van der Waals surface area contributed by atoms with Gasteiger partial charge < -0.3 is 9.64 Å². The Morgan fingerprint density at radius 1 is 1.02 bits per heavy atom. The summed E-state index contributed by atoms with van der Waals surface area (Å²) in [6.07, 6.45) is 1.85. The van der Waals surface area contributed by atoms with Crippen LogP contribution in [0, 0.1) is 5.82 Å². The van der Waals surface area contributed by atoms with Gasteiger partial charge in [-0.2, -0.15) is 0 Å². The molecule has 252 valence electrons. The second-order valence-corrected chi connectivity index (χ2v) is 14.7. The summed E-state index contributed by atoms with van der Waals surface area (Å²) < 4.78 is 49.9. The Labute approximate surface area is 275 Å². The Bertz CT molecular complexity index is 1520. The maximum Gasteiger partial charge on any atom is 0.475 e. The molecule has 1 atom stereocenters. The molecular formula is C33H44ClFN3O7P. The number of phosphoric ester groups is 1. The maximum absolute atomic E-state index is 13.9. The average molecular weight is 680 g/mol. The lowest BCUT2D eigenvalue weighted by Crippen LogP contribution is -2.41. The number of aromatic nitrogens is 1. The zero-order chi connectivity index (χ0) is 34.1. The first-order valence-corrected chi connectivity index (χ1v) is 16.9. The highest BCUT2D eigenvalue weighted by Gasteiger charge is 2.37. The Hall–Kier alpha value is -3.08. The molecule has 0 saturated heterocycles. The summed E-state index contributed by atoms with van der Waals surface area (Å²) in [5.74, 6) is -0.496. The maximum atomic E-state index is 13.9. The number of rotatable bonds is 14. The van der Waals surface area contributed by atoms with Gasteiger partial charge in [0.25, 0.3) is 0 Å². The summed E-state index contributed by atoms with van der Waals surface area (Å²) in [4.78, 5) is 31.7. The Morgan fingerprint density at radius 2 is 1.67 bits per heavy atom. The highest BCUT2D eigenvalue weighted by Crippen LogP contribution is 2.55. The molecule has 1 aromatic heterocycles. The third-order valence-electron chi connectivity index (χ3n) is 6.55. The van der Waals surface area contributed by atoms with E-state index in [2.05, 4.69) is 10.3 Å². The molecule has 10 nitrogen and oxygen atoms in total. The molecule has 1 N–H and O–H groups in total. The van der Waals surface area contributed by atoms with Gasteiger partial charge in [-0.05, 0) is 83.9 Å². The third-order valence-corrected chi connectivity index (χ3v) is 9.02. The molecule has 1 heterocycles. The Morgan fingerprint density at radius 3 is 2.33 bits per heavy atom. The van der Waals surface area contributed by atoms with Crippen molar-refractivity contribution in [3.63, 3.8) is 0 Å². The Kier molecular flexibility index (Phi) is 13.1. The van der Waals surface area contributed by atoms with Crippen LogP contribution in [0.4, 0.5) is 15.0 Å². The highest BCUT2D eigenvalue weighted by atomic mass is 35.5. The van der Waals surface area contributed by atoms with Gasteiger partial charge in [0.2, 0.25) is 5.91 Å². The summed E-state index contributed by atoms with van der Waals surface area (Å²) in [6.45, 7) is 10.3. The van der Waals surface area contributed by atoms with Crippen molar-refractivity contribution in [1.82, 2.24) is 9.88 Å². The van der Waals surface area contributed by atoms with Gasteiger partial charge in [-0.1, -0.05) is 48.0 Å². The fraction of sp³-hybridized carbons (Fsp3) is 0.485. The van der Waals surface area contributed by atoms with Crippen molar-refractivity contribution in [3.8, 4) is 0 Å². The van der Waals surface area contributed by atoms with Crippen molar-refractivity contribution in [3.05, 3.63) is 71.1 Å². The number of amides is 2. The lowest BCUT2D eigenvalue weighted by molar-refractivity contribution is -0.133. The molecule has 2 aromatic carbocycles. The van der Waals surface area contributed by atoms with Gasteiger partial charge in [0.1, 0.15) is 18.2 Å². The quantitative estimate of drug-likeness (QED) is 0.133. The molecule has 0 spiro atoms. The smallest absolute Gasteiger partial charge is 0.447 e. The standard InChI is InChI=1S/C33H44ClFN3O7P/c1-32(2,3)44-46(41,45-33(4,5)6)43-19-11-15-26(38(7)29(39)18-17-23-14-10-16-27(35)30(23)34)22-42-31(40)37-28-20-24-12-8-9-13-25(24)21-36-28/h8-10,12-14,16,20-21,26H,11,15,17-19,22H2,1-7H3,(H,36,37,40)/t26-/m0/s1. The van der Waals surface area contributed by atoms with Crippen molar-refractivity contribution in [2.75, 3.05) is 25.6 Å². The van der Waals surface area contributed by atoms with E-state index in [1.54, 1.807) is 66.9 Å². The largest absolute Gasteiger partial charge is 0.475 e. The van der Waals surface area contributed by atoms with E-state index < -0.39 is 37.0 Å². The average Bonchev–Trinajstić information content (AvgIpc) is 2.95. The van der Waals surface area contributed by atoms with Crippen LogP contribution in [-0.4, -0.2) is 59.4 Å². The van der Waals surface area contributed by atoms with Crippen molar-refractivity contribution in [2.45, 2.75) is 84.5 Å². The number of likely N-dealkylation sites (N-methyl/N-ethyl adjacent to an activating group) is 1. The zero-order valence-corrected chi connectivity index (χ0v) is 29.1. The number of carbonyl (C=O) groups excluding carboxylic acids is 2. The molecule has 2 amide bonds. The van der Waals surface area contributed by atoms with Gasteiger partial charge in [-0.25, -0.2) is 18.7 Å². The van der Waals surface area contributed by atoms with E-state index in [0.717, 1.165) is 10.8 Å². The summed E-state index contributed by atoms with van der Waals surface area (Å²) in [5, 5.41) is 4.43. The second kappa shape index (κ2) is 16.2. The van der Waals surface area contributed by atoms with Crippen LogP contribution in [0.3, 0.4) is 0 Å². The molecule has 0 aliphatic carbocycles. The molecule has 0 aliphatic rings. The molecule has 3 rings (SSSR count). The van der Waals surface area contributed by atoms with Crippen LogP contribution in [0.2, 0.25) is 5.02 Å². The minimum absolute atomic E-state index is 0.00588. The number of nitrogens with one attached hydrogen (secondary N) is 1. The van der Waals surface area contributed by atoms with Crippen LogP contribution in [0.1, 0.15) is 66.4 Å². The van der Waals surface area contributed by atoms with Crippen LogP contribution in [-0.2, 0) is 34.1 Å². The predicted octanol–water partition coefficient (Wildman–Crippen LogP) is 8.57. The predicted molar refractivity (Wildman–Crippen MR) is 177 cm³/mol. The second-order valence-electron chi connectivity index (χ2n) is 12.8. The number of carbonyl (C=O) groups is 2. The topological polar surface area (TPSA) is 116 Å². The minimum Gasteiger partial charge on any atom is -0.447 e. The van der Waals surface area contributed by atoms with Crippen LogP contribution in [0.25, 0.3) is 10.8 Å². The van der Waals surface area contributed by atoms with Crippen LogP contribution in [0.15, 0.2) is 54.7 Å². The molecule has 46 heavy (non-hydrogen) atoms. The molecule has 0 radical (unpaired) electrons. The first kappa shape index (κ1) is 37.4. The lowest BCUT2D eigenvalue weighted by Gasteiger charge is -2.31.